The van der Waals surface area contributed by atoms with Crippen molar-refractivity contribution in [2.75, 3.05) is 45.8 Å². The van der Waals surface area contributed by atoms with E-state index >= 15 is 0 Å². The lowest BCUT2D eigenvalue weighted by atomic mass is 10.1. The summed E-state index contributed by atoms with van der Waals surface area (Å²) in [6.45, 7) is 6.62. The molecule has 118 valence electrons. The Kier molecular flexibility index (Phi) is 5.00. The van der Waals surface area contributed by atoms with Crippen molar-refractivity contribution >= 4 is 17.9 Å². The Morgan fingerprint density at radius 1 is 1.24 bits per heavy atom. The Bertz CT molecular complexity index is 420. The average Bonchev–Trinajstić information content (AvgIpc) is 2.48. The van der Waals surface area contributed by atoms with E-state index < -0.39 is 12.0 Å². The highest BCUT2D eigenvalue weighted by Gasteiger charge is 2.37. The molecule has 8 heteroatoms. The van der Waals surface area contributed by atoms with E-state index in [2.05, 4.69) is 17.1 Å². The first-order valence-corrected chi connectivity index (χ1v) is 7.30. The molecule has 2 fully saturated rings. The number of hydrogen-bond donors (Lipinski definition) is 2. The standard InChI is InChI=1S/C13H22N4O4/c1-2-15-5-7-16(8-6-15)13(21)17-4-3-14-12(20)10(17)9-11(18)19/h10H,2-9H2,1H3,(H,14,20)(H,18,19). The minimum atomic E-state index is -1.08. The molecule has 1 unspecified atom stereocenters. The Morgan fingerprint density at radius 2 is 1.90 bits per heavy atom. The van der Waals surface area contributed by atoms with Crippen LogP contribution in [0.25, 0.3) is 0 Å². The van der Waals surface area contributed by atoms with Crippen LogP contribution >= 0.6 is 0 Å². The van der Waals surface area contributed by atoms with Gasteiger partial charge in [0, 0.05) is 39.3 Å². The third kappa shape index (κ3) is 3.63. The number of carboxylic acids is 1. The average molecular weight is 298 g/mol. The smallest absolute Gasteiger partial charge is 0.320 e. The minimum Gasteiger partial charge on any atom is -0.481 e. The van der Waals surface area contributed by atoms with E-state index in [1.54, 1.807) is 4.90 Å². The van der Waals surface area contributed by atoms with Crippen LogP contribution in [0.15, 0.2) is 0 Å². The highest BCUT2D eigenvalue weighted by Crippen LogP contribution is 2.14. The normalized spacial score (nSPS) is 23.9. The van der Waals surface area contributed by atoms with Crippen LogP contribution in [0.1, 0.15) is 13.3 Å². The lowest BCUT2D eigenvalue weighted by molar-refractivity contribution is -0.142. The summed E-state index contributed by atoms with van der Waals surface area (Å²) in [7, 11) is 0. The number of hydrogen-bond acceptors (Lipinski definition) is 4. The quantitative estimate of drug-likeness (QED) is 0.698. The summed E-state index contributed by atoms with van der Waals surface area (Å²) in [5.74, 6) is -1.46. The number of carbonyl (C=O) groups is 3. The van der Waals surface area contributed by atoms with Gasteiger partial charge in [-0.25, -0.2) is 4.79 Å². The highest BCUT2D eigenvalue weighted by atomic mass is 16.4. The second kappa shape index (κ2) is 6.75. The van der Waals surface area contributed by atoms with Gasteiger partial charge >= 0.3 is 12.0 Å². The first-order valence-electron chi connectivity index (χ1n) is 7.30. The number of urea groups is 1. The van der Waals surface area contributed by atoms with Crippen molar-refractivity contribution < 1.29 is 19.5 Å². The molecule has 2 heterocycles. The molecule has 0 saturated carbocycles. The zero-order chi connectivity index (χ0) is 15.4. The summed E-state index contributed by atoms with van der Waals surface area (Å²) in [5.41, 5.74) is 0. The van der Waals surface area contributed by atoms with Crippen LogP contribution in [0.2, 0.25) is 0 Å². The molecule has 1 atom stereocenters. The van der Waals surface area contributed by atoms with Crippen LogP contribution in [-0.4, -0.2) is 89.6 Å². The van der Waals surface area contributed by atoms with Gasteiger partial charge in [0.25, 0.3) is 0 Å². The zero-order valence-electron chi connectivity index (χ0n) is 12.2. The van der Waals surface area contributed by atoms with Crippen molar-refractivity contribution in [2.24, 2.45) is 0 Å². The summed E-state index contributed by atoms with van der Waals surface area (Å²) >= 11 is 0. The third-order valence-corrected chi connectivity index (χ3v) is 4.03. The van der Waals surface area contributed by atoms with Gasteiger partial charge in [0.2, 0.25) is 5.91 Å². The van der Waals surface area contributed by atoms with Gasteiger partial charge in [-0.2, -0.15) is 0 Å². The largest absolute Gasteiger partial charge is 0.481 e. The van der Waals surface area contributed by atoms with E-state index in [1.807, 2.05) is 0 Å². The molecule has 0 radical (unpaired) electrons. The molecule has 2 aliphatic heterocycles. The molecule has 2 rings (SSSR count). The van der Waals surface area contributed by atoms with Crippen LogP contribution in [0.5, 0.6) is 0 Å². The lowest BCUT2D eigenvalue weighted by Crippen LogP contribution is -2.62. The predicted octanol–water partition coefficient (Wildman–Crippen LogP) is -0.981. The summed E-state index contributed by atoms with van der Waals surface area (Å²) < 4.78 is 0. The molecule has 2 aliphatic rings. The summed E-state index contributed by atoms with van der Waals surface area (Å²) in [6.07, 6.45) is -0.355. The number of likely N-dealkylation sites (N-methyl/N-ethyl adjacent to an activating group) is 1. The second-order valence-corrected chi connectivity index (χ2v) is 5.30. The van der Waals surface area contributed by atoms with Gasteiger partial charge in [-0.1, -0.05) is 6.92 Å². The zero-order valence-corrected chi connectivity index (χ0v) is 12.2. The summed E-state index contributed by atoms with van der Waals surface area (Å²) in [6, 6.07) is -1.14. The Balaban J connectivity index is 2.02. The van der Waals surface area contributed by atoms with Gasteiger partial charge in [-0.05, 0) is 6.54 Å². The maximum Gasteiger partial charge on any atom is 0.320 e. The highest BCUT2D eigenvalue weighted by molar-refractivity contribution is 5.91. The fraction of sp³-hybridized carbons (Fsp3) is 0.769. The molecule has 0 aliphatic carbocycles. The van der Waals surface area contributed by atoms with Crippen LogP contribution in [-0.2, 0) is 9.59 Å². The molecule has 0 spiro atoms. The number of nitrogens with zero attached hydrogens (tertiary/aromatic N) is 3. The number of piperazine rings is 2. The van der Waals surface area contributed by atoms with Crippen LogP contribution < -0.4 is 5.32 Å². The SMILES string of the molecule is CCN1CCN(C(=O)N2CCNC(=O)C2CC(=O)O)CC1. The van der Waals surface area contributed by atoms with Crippen LogP contribution in [0, 0.1) is 0 Å². The second-order valence-electron chi connectivity index (χ2n) is 5.30. The van der Waals surface area contributed by atoms with E-state index in [9.17, 15) is 14.4 Å². The van der Waals surface area contributed by atoms with Gasteiger partial charge in [0.05, 0.1) is 6.42 Å². The molecule has 21 heavy (non-hydrogen) atoms. The number of amides is 3. The Morgan fingerprint density at radius 3 is 2.48 bits per heavy atom. The van der Waals surface area contributed by atoms with Crippen molar-refractivity contribution in [3.05, 3.63) is 0 Å². The monoisotopic (exact) mass is 298 g/mol. The number of nitrogens with one attached hydrogen (secondary N) is 1. The first kappa shape index (κ1) is 15.6. The van der Waals surface area contributed by atoms with Gasteiger partial charge < -0.3 is 25.1 Å². The van der Waals surface area contributed by atoms with Gasteiger partial charge in [0.1, 0.15) is 6.04 Å². The fourth-order valence-corrected chi connectivity index (χ4v) is 2.75. The van der Waals surface area contributed by atoms with Crippen LogP contribution in [0.4, 0.5) is 4.79 Å². The summed E-state index contributed by atoms with van der Waals surface area (Å²) in [5, 5.41) is 11.5. The van der Waals surface area contributed by atoms with E-state index in [0.717, 1.165) is 19.6 Å². The van der Waals surface area contributed by atoms with Gasteiger partial charge in [-0.15, -0.1) is 0 Å². The summed E-state index contributed by atoms with van der Waals surface area (Å²) in [4.78, 5) is 40.6. The molecular formula is C13H22N4O4. The molecule has 2 N–H and O–H groups in total. The van der Waals surface area contributed by atoms with Gasteiger partial charge in [-0.3, -0.25) is 9.59 Å². The Hall–Kier alpha value is -1.83. The maximum atomic E-state index is 12.5. The first-order chi connectivity index (χ1) is 10.0. The number of carbonyl (C=O) groups excluding carboxylic acids is 2. The van der Waals surface area contributed by atoms with Crippen molar-refractivity contribution in [1.29, 1.82) is 0 Å². The Labute approximate surface area is 123 Å². The topological polar surface area (TPSA) is 93.2 Å². The van der Waals surface area contributed by atoms with Gasteiger partial charge in [0.15, 0.2) is 0 Å². The van der Waals surface area contributed by atoms with E-state index in [4.69, 9.17) is 5.11 Å². The minimum absolute atomic E-state index is 0.230. The molecule has 0 aromatic heterocycles. The predicted molar refractivity (Wildman–Crippen MR) is 74.8 cm³/mol. The molecule has 0 bridgehead atoms. The molecule has 0 aromatic carbocycles. The number of rotatable bonds is 3. The van der Waals surface area contributed by atoms with Crippen molar-refractivity contribution in [1.82, 2.24) is 20.0 Å². The lowest BCUT2D eigenvalue weighted by Gasteiger charge is -2.40. The van der Waals surface area contributed by atoms with Crippen molar-refractivity contribution in [2.45, 2.75) is 19.4 Å². The number of carboxylic acid groups (broad SMARTS) is 1. The van der Waals surface area contributed by atoms with E-state index in [-0.39, 0.29) is 18.4 Å². The molecule has 8 nitrogen and oxygen atoms in total. The van der Waals surface area contributed by atoms with Crippen molar-refractivity contribution in [3.8, 4) is 0 Å². The van der Waals surface area contributed by atoms with E-state index in [1.165, 1.54) is 4.90 Å². The molecule has 2 saturated heterocycles. The molecular weight excluding hydrogens is 276 g/mol. The van der Waals surface area contributed by atoms with E-state index in [0.29, 0.717) is 26.2 Å². The molecule has 0 aromatic rings. The number of aliphatic carboxylic acids is 1. The molecule has 3 amide bonds. The third-order valence-electron chi connectivity index (χ3n) is 4.03. The fourth-order valence-electron chi connectivity index (χ4n) is 2.75. The van der Waals surface area contributed by atoms with Crippen molar-refractivity contribution in [3.63, 3.8) is 0 Å². The maximum absolute atomic E-state index is 12.5. The van der Waals surface area contributed by atoms with Crippen LogP contribution in [0.3, 0.4) is 0 Å².